The summed E-state index contributed by atoms with van der Waals surface area (Å²) < 4.78 is 1.75. The zero-order valence-corrected chi connectivity index (χ0v) is 6.73. The first-order valence-corrected chi connectivity index (χ1v) is 3.73. The Morgan fingerprint density at radius 3 is 2.58 bits per heavy atom. The number of rotatable bonds is 1. The highest BCUT2D eigenvalue weighted by Gasteiger charge is 1.99. The fraction of sp³-hybridized carbons (Fsp3) is 0.111. The van der Waals surface area contributed by atoms with Gasteiger partial charge in [0.1, 0.15) is 5.82 Å². The zero-order chi connectivity index (χ0) is 8.39. The molecule has 0 N–H and O–H groups in total. The van der Waals surface area contributed by atoms with Crippen molar-refractivity contribution in [3.05, 3.63) is 42.5 Å². The van der Waals surface area contributed by atoms with Gasteiger partial charge in [0, 0.05) is 0 Å². The Hall–Kier alpha value is -1.64. The van der Waals surface area contributed by atoms with Gasteiger partial charge < -0.3 is 0 Å². The van der Waals surface area contributed by atoms with Gasteiger partial charge in [-0.25, -0.2) is 9.67 Å². The first kappa shape index (κ1) is 7.03. The maximum absolute atomic E-state index is 3.97. The summed E-state index contributed by atoms with van der Waals surface area (Å²) in [5.74, 6) is 0.848. The van der Waals surface area contributed by atoms with Crippen LogP contribution in [0.1, 0.15) is 5.82 Å². The third-order valence-corrected chi connectivity index (χ3v) is 1.66. The monoisotopic (exact) mass is 158 g/mol. The molecule has 0 atom stereocenters. The topological polar surface area (TPSA) is 30.7 Å². The Kier molecular flexibility index (Phi) is 1.63. The molecule has 0 fully saturated rings. The Morgan fingerprint density at radius 2 is 2.00 bits per heavy atom. The smallest absolute Gasteiger partial charge is 0.217 e. The van der Waals surface area contributed by atoms with Crippen molar-refractivity contribution in [2.45, 2.75) is 6.92 Å². The van der Waals surface area contributed by atoms with Crippen molar-refractivity contribution in [1.29, 1.82) is 0 Å². The molecule has 1 aromatic carbocycles. The third-order valence-electron chi connectivity index (χ3n) is 1.66. The number of benzene rings is 1. The van der Waals surface area contributed by atoms with E-state index in [1.807, 2.05) is 37.3 Å². The van der Waals surface area contributed by atoms with Gasteiger partial charge in [-0.1, -0.05) is 18.2 Å². The molecular formula is C9H8N3. The van der Waals surface area contributed by atoms with Crippen LogP contribution in [0.5, 0.6) is 0 Å². The van der Waals surface area contributed by atoms with Crippen molar-refractivity contribution >= 4 is 0 Å². The summed E-state index contributed by atoms with van der Waals surface area (Å²) >= 11 is 0. The van der Waals surface area contributed by atoms with E-state index in [0.717, 1.165) is 11.5 Å². The van der Waals surface area contributed by atoms with Crippen LogP contribution in [0, 0.1) is 13.3 Å². The largest absolute Gasteiger partial charge is 0.221 e. The van der Waals surface area contributed by atoms with Crippen LogP contribution in [0.4, 0.5) is 0 Å². The molecule has 0 aliphatic heterocycles. The van der Waals surface area contributed by atoms with Crippen LogP contribution >= 0.6 is 0 Å². The Bertz CT molecular complexity index is 364. The molecule has 0 saturated heterocycles. The summed E-state index contributed by atoms with van der Waals surface area (Å²) in [6.45, 7) is 1.90. The molecular weight excluding hydrogens is 150 g/mol. The summed E-state index contributed by atoms with van der Waals surface area (Å²) in [6, 6.07) is 9.87. The first-order chi connectivity index (χ1) is 5.88. The average molecular weight is 158 g/mol. The van der Waals surface area contributed by atoms with Crippen molar-refractivity contribution < 1.29 is 0 Å². The third kappa shape index (κ3) is 1.09. The van der Waals surface area contributed by atoms with Crippen molar-refractivity contribution in [2.24, 2.45) is 0 Å². The molecule has 1 heterocycles. The number of aromatic nitrogens is 3. The van der Waals surface area contributed by atoms with Crippen molar-refractivity contribution in [2.75, 3.05) is 0 Å². The van der Waals surface area contributed by atoms with Crippen LogP contribution in [-0.2, 0) is 0 Å². The fourth-order valence-corrected chi connectivity index (χ4v) is 1.07. The summed E-state index contributed by atoms with van der Waals surface area (Å²) in [5, 5.41) is 3.97. The predicted molar refractivity (Wildman–Crippen MR) is 44.9 cm³/mol. The standard InChI is InChI=1S/C9H8N3/c1-8-10-7-11-12(8)9-5-3-2-4-6-9/h2-6H,1H3. The quantitative estimate of drug-likeness (QED) is 0.627. The SMILES string of the molecule is Cc1n[c]nn1-c1ccccc1. The molecule has 0 amide bonds. The van der Waals surface area contributed by atoms with Crippen molar-refractivity contribution in [3.63, 3.8) is 0 Å². The van der Waals surface area contributed by atoms with Gasteiger partial charge in [0.25, 0.3) is 0 Å². The Balaban J connectivity index is 2.51. The normalized spacial score (nSPS) is 10.1. The van der Waals surface area contributed by atoms with E-state index in [1.165, 1.54) is 0 Å². The van der Waals surface area contributed by atoms with E-state index < -0.39 is 0 Å². The lowest BCUT2D eigenvalue weighted by atomic mass is 10.3. The molecule has 1 radical (unpaired) electrons. The van der Waals surface area contributed by atoms with E-state index in [2.05, 4.69) is 16.4 Å². The zero-order valence-electron chi connectivity index (χ0n) is 6.73. The molecule has 0 saturated carbocycles. The summed E-state index contributed by atoms with van der Waals surface area (Å²) in [6.07, 6.45) is 2.56. The molecule has 0 bridgehead atoms. The van der Waals surface area contributed by atoms with Crippen molar-refractivity contribution in [1.82, 2.24) is 14.8 Å². The average Bonchev–Trinajstić information content (AvgIpc) is 2.53. The van der Waals surface area contributed by atoms with E-state index in [-0.39, 0.29) is 0 Å². The predicted octanol–water partition coefficient (Wildman–Crippen LogP) is 1.38. The summed E-state index contributed by atoms with van der Waals surface area (Å²) in [7, 11) is 0. The maximum Gasteiger partial charge on any atom is 0.221 e. The van der Waals surface area contributed by atoms with Crippen LogP contribution in [0.2, 0.25) is 0 Å². The molecule has 3 nitrogen and oxygen atoms in total. The van der Waals surface area contributed by atoms with Crippen LogP contribution in [0.25, 0.3) is 5.69 Å². The van der Waals surface area contributed by atoms with Gasteiger partial charge in [0.2, 0.25) is 6.33 Å². The lowest BCUT2D eigenvalue weighted by Gasteiger charge is -2.00. The first-order valence-electron chi connectivity index (χ1n) is 3.73. The van der Waals surface area contributed by atoms with Gasteiger partial charge in [-0.2, -0.15) is 0 Å². The molecule has 2 rings (SSSR count). The Morgan fingerprint density at radius 1 is 1.25 bits per heavy atom. The molecule has 59 valence electrons. The van der Waals surface area contributed by atoms with E-state index in [9.17, 15) is 0 Å². The molecule has 0 aliphatic rings. The van der Waals surface area contributed by atoms with Gasteiger partial charge in [0.15, 0.2) is 0 Å². The minimum absolute atomic E-state index is 0.848. The lowest BCUT2D eigenvalue weighted by molar-refractivity contribution is 0.839. The highest BCUT2D eigenvalue weighted by atomic mass is 15.3. The van der Waals surface area contributed by atoms with Crippen LogP contribution in [-0.4, -0.2) is 14.8 Å². The van der Waals surface area contributed by atoms with E-state index in [4.69, 9.17) is 0 Å². The molecule has 12 heavy (non-hydrogen) atoms. The van der Waals surface area contributed by atoms with Crippen LogP contribution in [0.15, 0.2) is 30.3 Å². The summed E-state index contributed by atoms with van der Waals surface area (Å²) in [4.78, 5) is 3.92. The second-order valence-electron chi connectivity index (χ2n) is 2.51. The van der Waals surface area contributed by atoms with Crippen LogP contribution < -0.4 is 0 Å². The number of hydrogen-bond acceptors (Lipinski definition) is 2. The number of para-hydroxylation sites is 1. The van der Waals surface area contributed by atoms with Crippen molar-refractivity contribution in [3.8, 4) is 5.69 Å². The number of aryl methyl sites for hydroxylation is 1. The lowest BCUT2D eigenvalue weighted by Crippen LogP contribution is -1.97. The molecule has 0 unspecified atom stereocenters. The maximum atomic E-state index is 3.97. The highest BCUT2D eigenvalue weighted by molar-refractivity contribution is 5.30. The molecule has 0 aliphatic carbocycles. The molecule has 2 aromatic rings. The number of hydrogen-bond donors (Lipinski definition) is 0. The molecule has 3 heteroatoms. The summed E-state index contributed by atoms with van der Waals surface area (Å²) in [5.41, 5.74) is 1.02. The highest BCUT2D eigenvalue weighted by Crippen LogP contribution is 2.05. The fourth-order valence-electron chi connectivity index (χ4n) is 1.07. The van der Waals surface area contributed by atoms with Gasteiger partial charge >= 0.3 is 0 Å². The van der Waals surface area contributed by atoms with Gasteiger partial charge in [-0.05, 0) is 19.1 Å². The van der Waals surface area contributed by atoms with E-state index >= 15 is 0 Å². The molecule has 0 spiro atoms. The minimum atomic E-state index is 0.848. The minimum Gasteiger partial charge on any atom is -0.217 e. The van der Waals surface area contributed by atoms with E-state index in [0.29, 0.717) is 0 Å². The van der Waals surface area contributed by atoms with E-state index in [1.54, 1.807) is 4.68 Å². The second-order valence-corrected chi connectivity index (χ2v) is 2.51. The van der Waals surface area contributed by atoms with Crippen LogP contribution in [0.3, 0.4) is 0 Å². The van der Waals surface area contributed by atoms with Gasteiger partial charge in [-0.15, -0.1) is 5.10 Å². The van der Waals surface area contributed by atoms with Gasteiger partial charge in [-0.3, -0.25) is 0 Å². The molecule has 1 aromatic heterocycles. The Labute approximate surface area is 70.7 Å². The van der Waals surface area contributed by atoms with Gasteiger partial charge in [0.05, 0.1) is 5.69 Å². The number of nitrogens with zero attached hydrogens (tertiary/aromatic N) is 3. The second kappa shape index (κ2) is 2.77.